The summed E-state index contributed by atoms with van der Waals surface area (Å²) in [5, 5.41) is 2.66. The van der Waals surface area contributed by atoms with Crippen molar-refractivity contribution in [3.63, 3.8) is 0 Å². The van der Waals surface area contributed by atoms with Crippen molar-refractivity contribution in [2.75, 3.05) is 26.2 Å². The van der Waals surface area contributed by atoms with Gasteiger partial charge in [-0.05, 0) is 61.6 Å². The van der Waals surface area contributed by atoms with Crippen LogP contribution in [0.3, 0.4) is 0 Å². The van der Waals surface area contributed by atoms with Crippen LogP contribution in [0.15, 0.2) is 41.3 Å². The van der Waals surface area contributed by atoms with Crippen molar-refractivity contribution < 1.29 is 36.4 Å². The van der Waals surface area contributed by atoms with E-state index in [2.05, 4.69) is 5.32 Å². The zero-order valence-corrected chi connectivity index (χ0v) is 29.4. The summed E-state index contributed by atoms with van der Waals surface area (Å²) in [6.45, 7) is 4.95. The molecule has 3 fully saturated rings. The first-order valence-corrected chi connectivity index (χ1v) is 18.1. The molecule has 3 saturated heterocycles. The number of piperazine rings is 1. The van der Waals surface area contributed by atoms with Crippen LogP contribution in [0.4, 0.5) is 8.78 Å². The average molecular weight is 744 g/mol. The fourth-order valence-corrected chi connectivity index (χ4v) is 8.92. The molecule has 49 heavy (non-hydrogen) atoms. The Balaban J connectivity index is 1.55. The molecule has 3 aliphatic rings. The van der Waals surface area contributed by atoms with Crippen LogP contribution in [0.2, 0.25) is 10.0 Å². The van der Waals surface area contributed by atoms with Crippen molar-refractivity contribution in [1.29, 1.82) is 0 Å². The summed E-state index contributed by atoms with van der Waals surface area (Å²) in [5.41, 5.74) is 6.28. The summed E-state index contributed by atoms with van der Waals surface area (Å²) in [6.07, 6.45) is -0.725. The van der Waals surface area contributed by atoms with Crippen molar-refractivity contribution in [2.24, 2.45) is 11.7 Å². The van der Waals surface area contributed by atoms with Crippen LogP contribution in [-0.2, 0) is 35.6 Å². The second-order valence-electron chi connectivity index (χ2n) is 12.7. The standard InChI is InChI=1S/C32H38Cl2F2N6O6S/c1-4-39-16-27-41(49(47,48)26-10-8-19(33)14-20(26)34)15-23(38-29(43)24-6-5-11-40(24)32(46)28(37)17(2)3)30(44)42(27)25(31(39)45)13-18-7-9-21(35)22(36)12-18/h7-10,12,14,17,23-25,27-28H,4-6,11,13,15-16,37H2,1-3H3,(H,38,43)/t23?,24?,25-,27+,28?/m0/s1. The number of carbonyl (C=O) groups is 4. The number of hydrogen-bond acceptors (Lipinski definition) is 7. The van der Waals surface area contributed by atoms with Crippen LogP contribution in [0, 0.1) is 17.6 Å². The number of benzene rings is 2. The Bertz CT molecular complexity index is 1770. The van der Waals surface area contributed by atoms with Crippen LogP contribution in [0.5, 0.6) is 0 Å². The van der Waals surface area contributed by atoms with Crippen LogP contribution < -0.4 is 11.1 Å². The molecular weight excluding hydrogens is 705 g/mol. The largest absolute Gasteiger partial charge is 0.341 e. The maximum Gasteiger partial charge on any atom is 0.248 e. The topological polar surface area (TPSA) is 153 Å². The normalized spacial score (nSPS) is 24.0. The molecule has 2 aromatic rings. The van der Waals surface area contributed by atoms with Gasteiger partial charge in [0.1, 0.15) is 29.2 Å². The highest BCUT2D eigenvalue weighted by Crippen LogP contribution is 2.35. The van der Waals surface area contributed by atoms with Gasteiger partial charge in [-0.15, -0.1) is 0 Å². The third-order valence-electron chi connectivity index (χ3n) is 9.32. The third kappa shape index (κ3) is 7.13. The van der Waals surface area contributed by atoms with Gasteiger partial charge < -0.3 is 25.8 Å². The van der Waals surface area contributed by atoms with Crippen molar-refractivity contribution in [3.8, 4) is 0 Å². The maximum absolute atomic E-state index is 14.4. The minimum Gasteiger partial charge on any atom is -0.341 e. The molecule has 3 aliphatic heterocycles. The molecule has 3 N–H and O–H groups in total. The second-order valence-corrected chi connectivity index (χ2v) is 15.4. The number of nitrogens with one attached hydrogen (secondary N) is 1. The van der Waals surface area contributed by atoms with E-state index >= 15 is 0 Å². The lowest BCUT2D eigenvalue weighted by Gasteiger charge is -2.53. The van der Waals surface area contributed by atoms with Crippen molar-refractivity contribution in [1.82, 2.24) is 24.3 Å². The van der Waals surface area contributed by atoms with Gasteiger partial charge in [-0.1, -0.05) is 43.1 Å². The molecule has 266 valence electrons. The quantitative estimate of drug-likeness (QED) is 0.400. The molecule has 5 atom stereocenters. The average Bonchev–Trinajstić information content (AvgIpc) is 3.54. The summed E-state index contributed by atoms with van der Waals surface area (Å²) < 4.78 is 57.8. The Labute approximate surface area is 293 Å². The van der Waals surface area contributed by atoms with E-state index in [-0.39, 0.29) is 52.5 Å². The Morgan fingerprint density at radius 2 is 1.76 bits per heavy atom. The molecule has 0 aliphatic carbocycles. The van der Waals surface area contributed by atoms with E-state index in [4.69, 9.17) is 28.9 Å². The predicted octanol–water partition coefficient (Wildman–Crippen LogP) is 2.36. The highest BCUT2D eigenvalue weighted by atomic mass is 35.5. The number of halogens is 4. The van der Waals surface area contributed by atoms with Crippen LogP contribution in [0.25, 0.3) is 0 Å². The third-order valence-corrected chi connectivity index (χ3v) is 11.9. The number of fused-ring (bicyclic) bond motifs is 1. The number of amides is 4. The predicted molar refractivity (Wildman–Crippen MR) is 177 cm³/mol. The first kappa shape index (κ1) is 36.9. The van der Waals surface area contributed by atoms with E-state index in [9.17, 15) is 36.4 Å². The molecule has 0 saturated carbocycles. The fraction of sp³-hybridized carbons (Fsp3) is 0.500. The molecule has 3 heterocycles. The molecule has 4 amide bonds. The van der Waals surface area contributed by atoms with Crippen LogP contribution >= 0.6 is 23.2 Å². The highest BCUT2D eigenvalue weighted by Gasteiger charge is 2.54. The number of hydrogen-bond donors (Lipinski definition) is 2. The Morgan fingerprint density at radius 3 is 2.39 bits per heavy atom. The molecule has 0 aromatic heterocycles. The number of rotatable bonds is 9. The maximum atomic E-state index is 14.4. The van der Waals surface area contributed by atoms with Crippen molar-refractivity contribution >= 4 is 56.9 Å². The molecular formula is C32H38Cl2F2N6O6S. The van der Waals surface area contributed by atoms with Gasteiger partial charge in [0.15, 0.2) is 11.6 Å². The van der Waals surface area contributed by atoms with Gasteiger partial charge in [0.25, 0.3) is 0 Å². The monoisotopic (exact) mass is 742 g/mol. The van der Waals surface area contributed by atoms with Gasteiger partial charge in [-0.3, -0.25) is 19.2 Å². The SMILES string of the molecule is CCN1C[C@H]2N(C(=O)C(NC(=O)C3CCCN3C(=O)C(N)C(C)C)CN2S(=O)(=O)c2ccc(Cl)cc2Cl)[C@@H](Cc2ccc(F)c(F)c2)C1=O. The van der Waals surface area contributed by atoms with Crippen molar-refractivity contribution in [2.45, 2.75) is 75.3 Å². The van der Waals surface area contributed by atoms with Crippen LogP contribution in [-0.4, -0.2) is 108 Å². The van der Waals surface area contributed by atoms with E-state index in [1.807, 2.05) is 0 Å². The number of nitrogens with zero attached hydrogens (tertiary/aromatic N) is 4. The fourth-order valence-electron chi connectivity index (χ4n) is 6.59. The number of likely N-dealkylation sites (tertiary alicyclic amines) is 1. The summed E-state index contributed by atoms with van der Waals surface area (Å²) in [7, 11) is -4.52. The second kappa shape index (κ2) is 14.5. The molecule has 5 rings (SSSR count). The Morgan fingerprint density at radius 1 is 1.04 bits per heavy atom. The number of nitrogens with two attached hydrogens (primary N) is 1. The summed E-state index contributed by atoms with van der Waals surface area (Å²) in [6, 6.07) is 2.24. The van der Waals surface area contributed by atoms with Gasteiger partial charge in [-0.2, -0.15) is 4.31 Å². The zero-order valence-electron chi connectivity index (χ0n) is 27.1. The lowest BCUT2D eigenvalue weighted by Crippen LogP contribution is -2.76. The zero-order chi connectivity index (χ0) is 35.9. The van der Waals surface area contributed by atoms with Gasteiger partial charge in [0.2, 0.25) is 33.7 Å². The molecule has 0 spiro atoms. The van der Waals surface area contributed by atoms with E-state index in [0.29, 0.717) is 12.8 Å². The lowest BCUT2D eigenvalue weighted by molar-refractivity contribution is -0.167. The molecule has 2 aromatic carbocycles. The minimum atomic E-state index is -4.52. The summed E-state index contributed by atoms with van der Waals surface area (Å²) >= 11 is 12.4. The van der Waals surface area contributed by atoms with Gasteiger partial charge in [0.05, 0.1) is 17.6 Å². The molecule has 0 radical (unpaired) electrons. The number of likely N-dealkylation sites (N-methyl/N-ethyl adjacent to an activating group) is 1. The number of sulfonamides is 1. The summed E-state index contributed by atoms with van der Waals surface area (Å²) in [4.78, 5) is 58.6. The molecule has 17 heteroatoms. The van der Waals surface area contributed by atoms with Crippen molar-refractivity contribution in [3.05, 3.63) is 63.6 Å². The molecule has 12 nitrogen and oxygen atoms in total. The first-order valence-electron chi connectivity index (χ1n) is 15.9. The van der Waals surface area contributed by atoms with Gasteiger partial charge >= 0.3 is 0 Å². The molecule has 0 bridgehead atoms. The number of carbonyl (C=O) groups excluding carboxylic acids is 4. The van der Waals surface area contributed by atoms with E-state index < -0.39 is 82.2 Å². The van der Waals surface area contributed by atoms with E-state index in [1.165, 1.54) is 34.1 Å². The lowest BCUT2D eigenvalue weighted by atomic mass is 9.97. The first-order chi connectivity index (χ1) is 23.1. The summed E-state index contributed by atoms with van der Waals surface area (Å²) in [5.74, 6) is -4.85. The Kier molecular flexibility index (Phi) is 10.9. The van der Waals surface area contributed by atoms with E-state index in [1.54, 1.807) is 20.8 Å². The molecule has 3 unspecified atom stereocenters. The van der Waals surface area contributed by atoms with Gasteiger partial charge in [0, 0.05) is 31.1 Å². The Hall–Kier alpha value is -3.37. The van der Waals surface area contributed by atoms with E-state index in [0.717, 1.165) is 21.3 Å². The minimum absolute atomic E-state index is 0.158. The van der Waals surface area contributed by atoms with Crippen LogP contribution in [0.1, 0.15) is 39.2 Å². The van der Waals surface area contributed by atoms with Gasteiger partial charge in [-0.25, -0.2) is 17.2 Å². The highest BCUT2D eigenvalue weighted by molar-refractivity contribution is 7.89. The smallest absolute Gasteiger partial charge is 0.248 e.